The van der Waals surface area contributed by atoms with Crippen molar-refractivity contribution in [3.8, 4) is 28.3 Å². The number of aromatic nitrogens is 3. The van der Waals surface area contributed by atoms with Gasteiger partial charge in [-0.15, -0.1) is 0 Å². The standard InChI is InChI=1S/C23H19FN4O3/c1-14-12-16(8-9-20(14)30-3)22-21(18-10-11-25-13-26-18)23(31-27-22)28(15(2)29)19-7-5-4-6-17(19)24/h4-13H,1-3H3. The molecule has 0 N–H and O–H groups in total. The van der Waals surface area contributed by atoms with E-state index in [1.165, 1.54) is 25.4 Å². The summed E-state index contributed by atoms with van der Waals surface area (Å²) in [6.45, 7) is 3.24. The lowest BCUT2D eigenvalue weighted by atomic mass is 10.0. The number of benzene rings is 2. The molecule has 0 fully saturated rings. The first-order valence-corrected chi connectivity index (χ1v) is 9.47. The molecule has 156 valence electrons. The zero-order valence-corrected chi connectivity index (χ0v) is 17.2. The van der Waals surface area contributed by atoms with Gasteiger partial charge >= 0.3 is 0 Å². The van der Waals surface area contributed by atoms with Gasteiger partial charge in [0, 0.05) is 18.7 Å². The Morgan fingerprint density at radius 3 is 2.61 bits per heavy atom. The minimum Gasteiger partial charge on any atom is -0.496 e. The Labute approximate surface area is 178 Å². The predicted octanol–water partition coefficient (Wildman–Crippen LogP) is 4.94. The highest BCUT2D eigenvalue weighted by molar-refractivity contribution is 6.03. The second-order valence-corrected chi connectivity index (χ2v) is 6.80. The second kappa shape index (κ2) is 8.35. The van der Waals surface area contributed by atoms with E-state index in [0.29, 0.717) is 17.0 Å². The Morgan fingerprint density at radius 1 is 1.16 bits per heavy atom. The summed E-state index contributed by atoms with van der Waals surface area (Å²) in [5.74, 6) is -0.203. The van der Waals surface area contributed by atoms with E-state index in [1.807, 2.05) is 25.1 Å². The number of anilines is 2. The molecule has 8 heteroatoms. The molecule has 0 aliphatic carbocycles. The predicted molar refractivity (Wildman–Crippen MR) is 113 cm³/mol. The SMILES string of the molecule is COc1ccc(-c2noc(N(C(C)=O)c3ccccc3F)c2-c2ccncn2)cc1C. The fraction of sp³-hybridized carbons (Fsp3) is 0.130. The van der Waals surface area contributed by atoms with E-state index in [2.05, 4.69) is 15.1 Å². The van der Waals surface area contributed by atoms with Crippen molar-refractivity contribution in [2.24, 2.45) is 0 Å². The topological polar surface area (TPSA) is 81.4 Å². The van der Waals surface area contributed by atoms with Gasteiger partial charge < -0.3 is 9.26 Å². The third-order valence-corrected chi connectivity index (χ3v) is 4.79. The Hall–Kier alpha value is -4.07. The van der Waals surface area contributed by atoms with Crippen molar-refractivity contribution in [3.05, 3.63) is 72.4 Å². The number of hydrogen-bond donors (Lipinski definition) is 0. The average molecular weight is 418 g/mol. The van der Waals surface area contributed by atoms with Gasteiger partial charge in [0.15, 0.2) is 0 Å². The number of carbonyl (C=O) groups is 1. The van der Waals surface area contributed by atoms with Crippen molar-refractivity contribution < 1.29 is 18.4 Å². The van der Waals surface area contributed by atoms with Crippen molar-refractivity contribution in [2.75, 3.05) is 12.0 Å². The first kappa shape index (κ1) is 20.2. The van der Waals surface area contributed by atoms with E-state index < -0.39 is 11.7 Å². The van der Waals surface area contributed by atoms with E-state index in [4.69, 9.17) is 9.26 Å². The number of methoxy groups -OCH3 is 1. The maximum absolute atomic E-state index is 14.6. The van der Waals surface area contributed by atoms with Crippen LogP contribution in [0.1, 0.15) is 12.5 Å². The summed E-state index contributed by atoms with van der Waals surface area (Å²) in [6, 6.07) is 13.2. The normalized spacial score (nSPS) is 10.7. The maximum Gasteiger partial charge on any atom is 0.248 e. The van der Waals surface area contributed by atoms with Gasteiger partial charge in [0.1, 0.15) is 23.6 Å². The first-order valence-electron chi connectivity index (χ1n) is 9.47. The van der Waals surface area contributed by atoms with E-state index >= 15 is 0 Å². The van der Waals surface area contributed by atoms with Crippen LogP contribution in [0, 0.1) is 12.7 Å². The van der Waals surface area contributed by atoms with Gasteiger partial charge in [-0.2, -0.15) is 0 Å². The first-order chi connectivity index (χ1) is 15.0. The summed E-state index contributed by atoms with van der Waals surface area (Å²) in [4.78, 5) is 22.0. The molecule has 2 aromatic carbocycles. The van der Waals surface area contributed by atoms with Gasteiger partial charge in [0.2, 0.25) is 11.8 Å². The highest BCUT2D eigenvalue weighted by Crippen LogP contribution is 2.42. The largest absolute Gasteiger partial charge is 0.496 e. The van der Waals surface area contributed by atoms with Crippen LogP contribution in [0.5, 0.6) is 5.75 Å². The lowest BCUT2D eigenvalue weighted by Crippen LogP contribution is -2.24. The molecule has 31 heavy (non-hydrogen) atoms. The minimum absolute atomic E-state index is 0.0546. The molecule has 0 radical (unpaired) electrons. The van der Waals surface area contributed by atoms with Crippen LogP contribution >= 0.6 is 0 Å². The fourth-order valence-electron chi connectivity index (χ4n) is 3.38. The van der Waals surface area contributed by atoms with Crippen molar-refractivity contribution in [2.45, 2.75) is 13.8 Å². The van der Waals surface area contributed by atoms with Crippen molar-refractivity contribution in [1.29, 1.82) is 0 Å². The monoisotopic (exact) mass is 418 g/mol. The van der Waals surface area contributed by atoms with Gasteiger partial charge in [-0.25, -0.2) is 19.3 Å². The Morgan fingerprint density at radius 2 is 1.97 bits per heavy atom. The van der Waals surface area contributed by atoms with E-state index in [1.54, 1.807) is 31.5 Å². The van der Waals surface area contributed by atoms with Gasteiger partial charge in [-0.1, -0.05) is 17.3 Å². The van der Waals surface area contributed by atoms with Crippen LogP contribution in [-0.2, 0) is 4.79 Å². The fourth-order valence-corrected chi connectivity index (χ4v) is 3.38. The molecule has 0 unspecified atom stereocenters. The Kier molecular flexibility index (Phi) is 5.44. The van der Waals surface area contributed by atoms with Crippen LogP contribution in [0.2, 0.25) is 0 Å². The van der Waals surface area contributed by atoms with Crippen LogP contribution in [0.4, 0.5) is 16.0 Å². The van der Waals surface area contributed by atoms with Gasteiger partial charge in [-0.3, -0.25) is 4.79 Å². The summed E-state index contributed by atoms with van der Waals surface area (Å²) in [7, 11) is 1.60. The van der Waals surface area contributed by atoms with E-state index in [0.717, 1.165) is 21.8 Å². The highest BCUT2D eigenvalue weighted by atomic mass is 19.1. The number of amides is 1. The third-order valence-electron chi connectivity index (χ3n) is 4.79. The van der Waals surface area contributed by atoms with Crippen LogP contribution in [0.3, 0.4) is 0 Å². The molecular formula is C23H19FN4O3. The number of rotatable bonds is 5. The quantitative estimate of drug-likeness (QED) is 0.457. The Bertz CT molecular complexity index is 1240. The third kappa shape index (κ3) is 3.75. The molecule has 0 saturated carbocycles. The molecule has 1 amide bonds. The van der Waals surface area contributed by atoms with Crippen LogP contribution in [0.25, 0.3) is 22.5 Å². The summed E-state index contributed by atoms with van der Waals surface area (Å²) in [5, 5.41) is 4.23. The van der Waals surface area contributed by atoms with Crippen LogP contribution < -0.4 is 9.64 Å². The second-order valence-electron chi connectivity index (χ2n) is 6.80. The van der Waals surface area contributed by atoms with Crippen LogP contribution in [-0.4, -0.2) is 28.1 Å². The molecule has 2 aromatic heterocycles. The minimum atomic E-state index is -0.565. The zero-order chi connectivity index (χ0) is 22.0. The molecule has 0 aliphatic heterocycles. The average Bonchev–Trinajstić information content (AvgIpc) is 3.20. The highest BCUT2D eigenvalue weighted by Gasteiger charge is 2.29. The zero-order valence-electron chi connectivity index (χ0n) is 17.2. The van der Waals surface area contributed by atoms with Crippen molar-refractivity contribution in [1.82, 2.24) is 15.1 Å². The van der Waals surface area contributed by atoms with Gasteiger partial charge in [0.05, 0.1) is 24.1 Å². The van der Waals surface area contributed by atoms with Crippen molar-refractivity contribution >= 4 is 17.5 Å². The van der Waals surface area contributed by atoms with Crippen LogP contribution in [0.15, 0.2) is 65.6 Å². The molecule has 0 atom stereocenters. The molecule has 0 bridgehead atoms. The molecule has 7 nitrogen and oxygen atoms in total. The molecule has 4 aromatic rings. The van der Waals surface area contributed by atoms with E-state index in [-0.39, 0.29) is 11.6 Å². The lowest BCUT2D eigenvalue weighted by Gasteiger charge is -2.19. The van der Waals surface area contributed by atoms with Gasteiger partial charge in [0.25, 0.3) is 0 Å². The summed E-state index contributed by atoms with van der Waals surface area (Å²) >= 11 is 0. The molecule has 0 saturated heterocycles. The number of halogens is 1. The summed E-state index contributed by atoms with van der Waals surface area (Å²) < 4.78 is 25.6. The smallest absolute Gasteiger partial charge is 0.248 e. The molecule has 0 aliphatic rings. The number of aryl methyl sites for hydroxylation is 1. The summed E-state index contributed by atoms with van der Waals surface area (Å²) in [6.07, 6.45) is 2.96. The number of hydrogen-bond acceptors (Lipinski definition) is 6. The number of nitrogens with zero attached hydrogens (tertiary/aromatic N) is 4. The molecule has 4 rings (SSSR count). The van der Waals surface area contributed by atoms with E-state index in [9.17, 15) is 9.18 Å². The molecule has 0 spiro atoms. The Balaban J connectivity index is 1.97. The lowest BCUT2D eigenvalue weighted by molar-refractivity contribution is -0.116. The molecular weight excluding hydrogens is 399 g/mol. The summed E-state index contributed by atoms with van der Waals surface area (Å²) in [5.41, 5.74) is 3.08. The van der Waals surface area contributed by atoms with Gasteiger partial charge in [-0.05, 0) is 48.9 Å². The number of para-hydroxylation sites is 1. The maximum atomic E-state index is 14.6. The molecule has 2 heterocycles. The van der Waals surface area contributed by atoms with Crippen molar-refractivity contribution in [3.63, 3.8) is 0 Å². The number of carbonyl (C=O) groups excluding carboxylic acids is 1. The number of ether oxygens (including phenoxy) is 1.